The van der Waals surface area contributed by atoms with Crippen molar-refractivity contribution in [1.29, 1.82) is 0 Å². The molecule has 4 heteroatoms. The molecule has 0 aliphatic carbocycles. The van der Waals surface area contributed by atoms with Crippen molar-refractivity contribution in [2.45, 2.75) is 33.2 Å². The first-order valence-corrected chi connectivity index (χ1v) is 5.78. The normalized spacial score (nSPS) is 11.8. The van der Waals surface area contributed by atoms with Crippen LogP contribution in [0.1, 0.15) is 26.3 Å². The average molecular weight is 253 g/mol. The number of amides is 1. The fraction of sp³-hybridized carbons (Fsp3) is 0.357. The molecule has 1 aromatic carbocycles. The van der Waals surface area contributed by atoms with Crippen molar-refractivity contribution in [3.63, 3.8) is 0 Å². The molecule has 0 radical (unpaired) electrons. The minimum atomic E-state index is -0.585. The van der Waals surface area contributed by atoms with Crippen LogP contribution in [0.5, 0.6) is 0 Å². The van der Waals surface area contributed by atoms with Crippen LogP contribution in [0.2, 0.25) is 0 Å². The Bertz CT molecular complexity index is 445. The van der Waals surface area contributed by atoms with Crippen molar-refractivity contribution >= 4 is 5.91 Å². The van der Waals surface area contributed by atoms with E-state index in [1.54, 1.807) is 20.8 Å². The second-order valence-corrected chi connectivity index (χ2v) is 4.54. The van der Waals surface area contributed by atoms with E-state index in [1.807, 2.05) is 0 Å². The number of hydrogen-bond acceptors (Lipinski definition) is 1. The predicted octanol–water partition coefficient (Wildman–Crippen LogP) is 2.98. The smallest absolute Gasteiger partial charge is 0.244 e. The molecule has 98 valence electrons. The summed E-state index contributed by atoms with van der Waals surface area (Å²) in [6, 6.07) is 3.41. The maximum Gasteiger partial charge on any atom is 0.244 e. The van der Waals surface area contributed by atoms with Gasteiger partial charge in [0.1, 0.15) is 11.6 Å². The van der Waals surface area contributed by atoms with Gasteiger partial charge in [0.2, 0.25) is 5.91 Å². The topological polar surface area (TPSA) is 29.1 Å². The molecule has 0 heterocycles. The molecule has 0 bridgehead atoms. The number of halogens is 2. The predicted molar refractivity (Wildman–Crippen MR) is 67.1 cm³/mol. The Morgan fingerprint density at radius 3 is 2.39 bits per heavy atom. The number of rotatable bonds is 4. The van der Waals surface area contributed by atoms with Crippen molar-refractivity contribution in [2.75, 3.05) is 0 Å². The van der Waals surface area contributed by atoms with Crippen LogP contribution < -0.4 is 5.32 Å². The molecular formula is C14H17F2NO. The molecule has 0 aromatic heterocycles. The zero-order valence-corrected chi connectivity index (χ0v) is 10.8. The Morgan fingerprint density at radius 2 is 1.89 bits per heavy atom. The molecule has 1 atom stereocenters. The Morgan fingerprint density at radius 1 is 1.33 bits per heavy atom. The molecule has 0 fully saturated rings. The van der Waals surface area contributed by atoms with Crippen LogP contribution in [0.15, 0.2) is 29.8 Å². The SMILES string of the molecule is CC(C)=CC(=O)NC(C)Cc1c(F)cccc1F. The van der Waals surface area contributed by atoms with E-state index in [0.29, 0.717) is 0 Å². The highest BCUT2D eigenvalue weighted by atomic mass is 19.1. The van der Waals surface area contributed by atoms with E-state index >= 15 is 0 Å². The summed E-state index contributed by atoms with van der Waals surface area (Å²) in [5, 5.41) is 2.67. The zero-order valence-electron chi connectivity index (χ0n) is 10.8. The fourth-order valence-electron chi connectivity index (χ4n) is 1.63. The van der Waals surface area contributed by atoms with Crippen LogP contribution in [0.3, 0.4) is 0 Å². The summed E-state index contributed by atoms with van der Waals surface area (Å²) in [5.74, 6) is -1.42. The number of carbonyl (C=O) groups is 1. The summed E-state index contributed by atoms with van der Waals surface area (Å²) >= 11 is 0. The maximum absolute atomic E-state index is 13.4. The van der Waals surface area contributed by atoms with Crippen LogP contribution in [0, 0.1) is 11.6 Å². The molecule has 18 heavy (non-hydrogen) atoms. The van der Waals surface area contributed by atoms with Gasteiger partial charge in [-0.3, -0.25) is 4.79 Å². The molecular weight excluding hydrogens is 236 g/mol. The van der Waals surface area contributed by atoms with Crippen LogP contribution >= 0.6 is 0 Å². The zero-order chi connectivity index (χ0) is 13.7. The van der Waals surface area contributed by atoms with Gasteiger partial charge in [0.05, 0.1) is 0 Å². The number of benzene rings is 1. The summed E-state index contributed by atoms with van der Waals surface area (Å²) in [6.45, 7) is 5.32. The Kier molecular flexibility index (Phi) is 5.01. The third-order valence-corrected chi connectivity index (χ3v) is 2.38. The minimum absolute atomic E-state index is 0.00231. The highest BCUT2D eigenvalue weighted by Crippen LogP contribution is 2.14. The van der Waals surface area contributed by atoms with Gasteiger partial charge in [-0.05, 0) is 39.3 Å². The molecule has 0 spiro atoms. The second-order valence-electron chi connectivity index (χ2n) is 4.54. The maximum atomic E-state index is 13.4. The lowest BCUT2D eigenvalue weighted by molar-refractivity contribution is -0.117. The minimum Gasteiger partial charge on any atom is -0.350 e. The van der Waals surface area contributed by atoms with Crippen molar-refractivity contribution < 1.29 is 13.6 Å². The average Bonchev–Trinajstić information content (AvgIpc) is 2.22. The van der Waals surface area contributed by atoms with Gasteiger partial charge in [0, 0.05) is 17.7 Å². The van der Waals surface area contributed by atoms with E-state index in [9.17, 15) is 13.6 Å². The first-order chi connectivity index (χ1) is 8.40. The molecule has 2 nitrogen and oxygen atoms in total. The second kappa shape index (κ2) is 6.28. The van der Waals surface area contributed by atoms with Gasteiger partial charge < -0.3 is 5.32 Å². The van der Waals surface area contributed by atoms with E-state index in [2.05, 4.69) is 5.32 Å². The molecule has 0 saturated heterocycles. The summed E-state index contributed by atoms with van der Waals surface area (Å²) < 4.78 is 26.8. The highest BCUT2D eigenvalue weighted by molar-refractivity contribution is 5.88. The van der Waals surface area contributed by atoms with Gasteiger partial charge >= 0.3 is 0 Å². The van der Waals surface area contributed by atoms with Crippen LogP contribution in [-0.4, -0.2) is 11.9 Å². The van der Waals surface area contributed by atoms with E-state index < -0.39 is 11.6 Å². The van der Waals surface area contributed by atoms with Crippen LogP contribution in [-0.2, 0) is 11.2 Å². The van der Waals surface area contributed by atoms with Crippen molar-refractivity contribution in [2.24, 2.45) is 0 Å². The molecule has 1 amide bonds. The summed E-state index contributed by atoms with van der Waals surface area (Å²) in [6.07, 6.45) is 1.58. The highest BCUT2D eigenvalue weighted by Gasteiger charge is 2.13. The van der Waals surface area contributed by atoms with E-state index in [4.69, 9.17) is 0 Å². The monoisotopic (exact) mass is 253 g/mol. The molecule has 1 N–H and O–H groups in total. The quantitative estimate of drug-likeness (QED) is 0.821. The molecule has 0 aliphatic rings. The Hall–Kier alpha value is -1.71. The van der Waals surface area contributed by atoms with Gasteiger partial charge in [-0.2, -0.15) is 0 Å². The number of nitrogens with one attached hydrogen (secondary N) is 1. The summed E-state index contributed by atoms with van der Waals surface area (Å²) in [4.78, 5) is 11.4. The number of hydrogen-bond donors (Lipinski definition) is 1. The van der Waals surface area contributed by atoms with E-state index in [-0.39, 0.29) is 23.9 Å². The van der Waals surface area contributed by atoms with Crippen LogP contribution in [0.4, 0.5) is 8.78 Å². The molecule has 1 unspecified atom stereocenters. The number of carbonyl (C=O) groups excluding carboxylic acids is 1. The molecule has 1 aromatic rings. The van der Waals surface area contributed by atoms with E-state index in [0.717, 1.165) is 5.57 Å². The lowest BCUT2D eigenvalue weighted by atomic mass is 10.1. The van der Waals surface area contributed by atoms with Gasteiger partial charge in [0.15, 0.2) is 0 Å². The molecule has 1 rings (SSSR count). The van der Waals surface area contributed by atoms with Crippen molar-refractivity contribution in [3.8, 4) is 0 Å². The number of allylic oxidation sites excluding steroid dienone is 1. The van der Waals surface area contributed by atoms with Gasteiger partial charge in [-0.1, -0.05) is 11.6 Å². The molecule has 0 saturated carbocycles. The Balaban J connectivity index is 2.68. The van der Waals surface area contributed by atoms with Crippen molar-refractivity contribution in [3.05, 3.63) is 47.0 Å². The largest absolute Gasteiger partial charge is 0.350 e. The summed E-state index contributed by atoms with van der Waals surface area (Å²) in [5.41, 5.74) is 0.874. The lowest BCUT2D eigenvalue weighted by Crippen LogP contribution is -2.33. The van der Waals surface area contributed by atoms with Gasteiger partial charge in [0.25, 0.3) is 0 Å². The third kappa shape index (κ3) is 4.28. The first-order valence-electron chi connectivity index (χ1n) is 5.78. The van der Waals surface area contributed by atoms with Gasteiger partial charge in [-0.25, -0.2) is 8.78 Å². The third-order valence-electron chi connectivity index (χ3n) is 2.38. The lowest BCUT2D eigenvalue weighted by Gasteiger charge is -2.13. The van der Waals surface area contributed by atoms with Gasteiger partial charge in [-0.15, -0.1) is 0 Å². The standard InChI is InChI=1S/C14H17F2NO/c1-9(2)7-14(18)17-10(3)8-11-12(15)5-4-6-13(11)16/h4-7,10H,8H2,1-3H3,(H,17,18). The van der Waals surface area contributed by atoms with Crippen molar-refractivity contribution in [1.82, 2.24) is 5.32 Å². The Labute approximate surface area is 106 Å². The first kappa shape index (κ1) is 14.4. The van der Waals surface area contributed by atoms with Crippen LogP contribution in [0.25, 0.3) is 0 Å². The molecule has 0 aliphatic heterocycles. The fourth-order valence-corrected chi connectivity index (χ4v) is 1.63. The van der Waals surface area contributed by atoms with E-state index in [1.165, 1.54) is 24.3 Å². The summed E-state index contributed by atoms with van der Waals surface area (Å²) in [7, 11) is 0.